The minimum atomic E-state index is -2.86. The van der Waals surface area contributed by atoms with E-state index >= 15 is 0 Å². The van der Waals surface area contributed by atoms with Gasteiger partial charge in [-0.2, -0.15) is 8.78 Å². The summed E-state index contributed by atoms with van der Waals surface area (Å²) in [5.41, 5.74) is 8.15. The third kappa shape index (κ3) is 4.25. The van der Waals surface area contributed by atoms with E-state index in [1.165, 1.54) is 23.9 Å². The van der Waals surface area contributed by atoms with Crippen LogP contribution in [0.1, 0.15) is 11.1 Å². The Hall–Kier alpha value is -1.46. The van der Waals surface area contributed by atoms with Gasteiger partial charge < -0.3 is 10.5 Å². The van der Waals surface area contributed by atoms with Crippen LogP contribution in [-0.4, -0.2) is 6.61 Å². The highest BCUT2D eigenvalue weighted by molar-refractivity contribution is 7.98. The van der Waals surface area contributed by atoms with Crippen LogP contribution >= 0.6 is 23.4 Å². The Balaban J connectivity index is 2.19. The summed E-state index contributed by atoms with van der Waals surface area (Å²) in [7, 11) is 0. The topological polar surface area (TPSA) is 35.2 Å². The Morgan fingerprint density at radius 2 is 2.05 bits per heavy atom. The lowest BCUT2D eigenvalue weighted by Gasteiger charge is -2.12. The van der Waals surface area contributed by atoms with Crippen LogP contribution in [-0.2, 0) is 5.75 Å². The molecular formula is C15H14ClF2NOS. The van der Waals surface area contributed by atoms with Crippen molar-refractivity contribution in [3.63, 3.8) is 0 Å². The lowest BCUT2D eigenvalue weighted by atomic mass is 10.2. The number of alkyl halides is 2. The Kier molecular flexibility index (Phi) is 5.31. The summed E-state index contributed by atoms with van der Waals surface area (Å²) in [4.78, 5) is 0.998. The first-order valence-electron chi connectivity index (χ1n) is 6.18. The fourth-order valence-corrected chi connectivity index (χ4v) is 3.06. The molecule has 6 heteroatoms. The quantitative estimate of drug-likeness (QED) is 0.610. The van der Waals surface area contributed by atoms with Gasteiger partial charge in [-0.3, -0.25) is 0 Å². The predicted molar refractivity (Wildman–Crippen MR) is 83.2 cm³/mol. The number of nitrogens with two attached hydrogens (primary N) is 1. The van der Waals surface area contributed by atoms with E-state index in [9.17, 15) is 8.78 Å². The van der Waals surface area contributed by atoms with Gasteiger partial charge in [0.2, 0.25) is 0 Å². The Morgan fingerprint density at radius 3 is 2.76 bits per heavy atom. The molecule has 0 atom stereocenters. The summed E-state index contributed by atoms with van der Waals surface area (Å²) in [5.74, 6) is 0.607. The summed E-state index contributed by atoms with van der Waals surface area (Å²) >= 11 is 7.42. The molecule has 0 unspecified atom stereocenters. The molecule has 0 spiro atoms. The number of benzene rings is 2. The maximum absolute atomic E-state index is 12.4. The number of anilines is 1. The molecule has 0 aliphatic heterocycles. The Bertz CT molecular complexity index is 637. The second-order valence-electron chi connectivity index (χ2n) is 4.39. The molecule has 0 aliphatic rings. The molecule has 0 aliphatic carbocycles. The monoisotopic (exact) mass is 329 g/mol. The third-order valence-electron chi connectivity index (χ3n) is 2.95. The van der Waals surface area contributed by atoms with Crippen molar-refractivity contribution in [3.8, 4) is 5.75 Å². The highest BCUT2D eigenvalue weighted by Crippen LogP contribution is 2.33. The number of hydrogen-bond acceptors (Lipinski definition) is 3. The molecule has 0 bridgehead atoms. The van der Waals surface area contributed by atoms with Gasteiger partial charge in [-0.15, -0.1) is 11.8 Å². The van der Waals surface area contributed by atoms with E-state index in [-0.39, 0.29) is 5.75 Å². The maximum Gasteiger partial charge on any atom is 0.387 e. The van der Waals surface area contributed by atoms with Gasteiger partial charge >= 0.3 is 6.61 Å². The van der Waals surface area contributed by atoms with Crippen molar-refractivity contribution >= 4 is 29.1 Å². The molecule has 2 rings (SSSR count). The van der Waals surface area contributed by atoms with Crippen LogP contribution in [0.4, 0.5) is 14.5 Å². The molecule has 0 heterocycles. The Labute approximate surface area is 131 Å². The minimum Gasteiger partial charge on any atom is -0.435 e. The molecular weight excluding hydrogens is 316 g/mol. The van der Waals surface area contributed by atoms with Crippen LogP contribution in [0.25, 0.3) is 0 Å². The standard InChI is InChI=1S/C15H14ClF2NOS/c1-9-12(19)3-2-4-14(9)21-8-10-7-11(16)5-6-13(10)20-15(17)18/h2-7,15H,8,19H2,1H3. The number of nitrogen functional groups attached to an aromatic ring is 1. The number of ether oxygens (including phenoxy) is 1. The van der Waals surface area contributed by atoms with Crippen molar-refractivity contribution in [3.05, 3.63) is 52.5 Å². The second-order valence-corrected chi connectivity index (χ2v) is 5.84. The summed E-state index contributed by atoms with van der Waals surface area (Å²) in [6, 6.07) is 10.2. The number of rotatable bonds is 5. The molecule has 0 fully saturated rings. The maximum atomic E-state index is 12.4. The minimum absolute atomic E-state index is 0.142. The van der Waals surface area contributed by atoms with Crippen molar-refractivity contribution in [2.75, 3.05) is 5.73 Å². The number of halogens is 3. The zero-order chi connectivity index (χ0) is 15.4. The van der Waals surface area contributed by atoms with Crippen LogP contribution in [0.5, 0.6) is 5.75 Å². The number of hydrogen-bond donors (Lipinski definition) is 1. The van der Waals surface area contributed by atoms with E-state index < -0.39 is 6.61 Å². The van der Waals surface area contributed by atoms with Gasteiger partial charge in [-0.1, -0.05) is 17.7 Å². The highest BCUT2D eigenvalue weighted by atomic mass is 35.5. The van der Waals surface area contributed by atoms with E-state index in [4.69, 9.17) is 17.3 Å². The van der Waals surface area contributed by atoms with Crippen LogP contribution in [0.15, 0.2) is 41.3 Å². The number of thioether (sulfide) groups is 1. The Morgan fingerprint density at radius 1 is 1.29 bits per heavy atom. The summed E-state index contributed by atoms with van der Waals surface area (Å²) in [6.45, 7) is -0.935. The first kappa shape index (κ1) is 15.9. The summed E-state index contributed by atoms with van der Waals surface area (Å²) < 4.78 is 29.3. The molecule has 0 saturated heterocycles. The van der Waals surface area contributed by atoms with Gasteiger partial charge in [0.05, 0.1) is 0 Å². The van der Waals surface area contributed by atoms with Crippen molar-refractivity contribution in [1.82, 2.24) is 0 Å². The SMILES string of the molecule is Cc1c(N)cccc1SCc1cc(Cl)ccc1OC(F)F. The van der Waals surface area contributed by atoms with Gasteiger partial charge in [0.15, 0.2) is 0 Å². The van der Waals surface area contributed by atoms with Crippen molar-refractivity contribution in [1.29, 1.82) is 0 Å². The lowest BCUT2D eigenvalue weighted by molar-refractivity contribution is -0.0503. The zero-order valence-corrected chi connectivity index (χ0v) is 12.8. The average molecular weight is 330 g/mol. The third-order valence-corrected chi connectivity index (χ3v) is 4.39. The lowest BCUT2D eigenvalue weighted by Crippen LogP contribution is -2.04. The largest absolute Gasteiger partial charge is 0.435 e. The first-order chi connectivity index (χ1) is 9.97. The fourth-order valence-electron chi connectivity index (χ4n) is 1.82. The van der Waals surface area contributed by atoms with E-state index in [0.717, 1.165) is 10.5 Å². The van der Waals surface area contributed by atoms with Crippen molar-refractivity contribution in [2.24, 2.45) is 0 Å². The first-order valence-corrected chi connectivity index (χ1v) is 7.55. The van der Waals surface area contributed by atoms with Gasteiger partial charge in [0.1, 0.15) is 5.75 Å². The molecule has 2 N–H and O–H groups in total. The predicted octanol–water partition coefficient (Wildman–Crippen LogP) is 5.12. The van der Waals surface area contributed by atoms with Crippen LogP contribution in [0.3, 0.4) is 0 Å². The van der Waals surface area contributed by atoms with Gasteiger partial charge in [0, 0.05) is 26.9 Å². The van der Waals surface area contributed by atoms with Crippen LogP contribution in [0, 0.1) is 6.92 Å². The van der Waals surface area contributed by atoms with Gasteiger partial charge in [-0.25, -0.2) is 0 Å². The second kappa shape index (κ2) is 7.00. The molecule has 2 aromatic rings. The molecule has 0 amide bonds. The molecule has 2 aromatic carbocycles. The molecule has 0 aromatic heterocycles. The van der Waals surface area contributed by atoms with E-state index in [1.54, 1.807) is 6.07 Å². The van der Waals surface area contributed by atoms with Crippen molar-refractivity contribution < 1.29 is 13.5 Å². The molecule has 0 saturated carbocycles. The fraction of sp³-hybridized carbons (Fsp3) is 0.200. The van der Waals surface area contributed by atoms with Gasteiger partial charge in [0.25, 0.3) is 0 Å². The zero-order valence-electron chi connectivity index (χ0n) is 11.3. The molecule has 0 radical (unpaired) electrons. The average Bonchev–Trinajstić information content (AvgIpc) is 2.42. The van der Waals surface area contributed by atoms with E-state index in [0.29, 0.717) is 22.0 Å². The van der Waals surface area contributed by atoms with E-state index in [2.05, 4.69) is 4.74 Å². The molecule has 21 heavy (non-hydrogen) atoms. The summed E-state index contributed by atoms with van der Waals surface area (Å²) in [5, 5.41) is 0.483. The van der Waals surface area contributed by atoms with Crippen molar-refractivity contribution in [2.45, 2.75) is 24.2 Å². The van der Waals surface area contributed by atoms with E-state index in [1.807, 2.05) is 25.1 Å². The van der Waals surface area contributed by atoms with Crippen LogP contribution in [0.2, 0.25) is 5.02 Å². The highest BCUT2D eigenvalue weighted by Gasteiger charge is 2.11. The smallest absolute Gasteiger partial charge is 0.387 e. The van der Waals surface area contributed by atoms with Gasteiger partial charge in [-0.05, 0) is 42.8 Å². The normalized spacial score (nSPS) is 10.9. The summed E-state index contributed by atoms with van der Waals surface area (Å²) in [6.07, 6.45) is 0. The van der Waals surface area contributed by atoms with Crippen LogP contribution < -0.4 is 10.5 Å². The molecule has 112 valence electrons. The molecule has 2 nitrogen and oxygen atoms in total.